The Balaban J connectivity index is 2.21. The van der Waals surface area contributed by atoms with Gasteiger partial charge in [0.05, 0.1) is 13.0 Å². The molecule has 1 fully saturated rings. The van der Waals surface area contributed by atoms with E-state index in [-0.39, 0.29) is 17.2 Å². The second-order valence-corrected chi connectivity index (χ2v) is 3.45. The predicted molar refractivity (Wildman–Crippen MR) is 45.9 cm³/mol. The largest absolute Gasteiger partial charge is 0.466 e. The number of hydrogen-bond donors (Lipinski definition) is 0. The van der Waals surface area contributed by atoms with Gasteiger partial charge in [-0.2, -0.15) is 0 Å². The number of ketones is 1. The van der Waals surface area contributed by atoms with Crippen LogP contribution in [-0.2, 0) is 14.3 Å². The maximum atomic E-state index is 11.0. The van der Waals surface area contributed by atoms with Gasteiger partial charge in [-0.25, -0.2) is 0 Å². The number of ether oxygens (including phenoxy) is 1. The van der Waals surface area contributed by atoms with Crippen LogP contribution in [0.1, 0.15) is 12.8 Å². The Kier molecular flexibility index (Phi) is 1.79. The molecule has 2 aliphatic rings. The molecule has 1 saturated heterocycles. The molecule has 0 aromatic carbocycles. The molecule has 1 heterocycles. The first-order valence-corrected chi connectivity index (χ1v) is 4.28. The molecule has 0 bridgehead atoms. The van der Waals surface area contributed by atoms with Crippen LogP contribution in [0.5, 0.6) is 0 Å². The molecule has 1 aliphatic heterocycles. The molecular weight excluding hydrogens is 168 g/mol. The van der Waals surface area contributed by atoms with Crippen molar-refractivity contribution in [3.05, 3.63) is 24.3 Å². The number of hydrogen-bond acceptors (Lipinski definition) is 3. The Morgan fingerprint density at radius 3 is 2.54 bits per heavy atom. The average molecular weight is 178 g/mol. The van der Waals surface area contributed by atoms with E-state index in [1.165, 1.54) is 12.2 Å². The van der Waals surface area contributed by atoms with E-state index < -0.39 is 0 Å². The summed E-state index contributed by atoms with van der Waals surface area (Å²) >= 11 is 0. The summed E-state index contributed by atoms with van der Waals surface area (Å²) in [5.74, 6) is -0.195. The van der Waals surface area contributed by atoms with E-state index in [0.717, 1.165) is 6.42 Å². The van der Waals surface area contributed by atoms with Gasteiger partial charge in [-0.05, 0) is 18.6 Å². The van der Waals surface area contributed by atoms with Crippen molar-refractivity contribution in [2.45, 2.75) is 12.8 Å². The summed E-state index contributed by atoms with van der Waals surface area (Å²) in [4.78, 5) is 21.9. The van der Waals surface area contributed by atoms with Crippen LogP contribution >= 0.6 is 0 Å². The monoisotopic (exact) mass is 178 g/mol. The lowest BCUT2D eigenvalue weighted by molar-refractivity contribution is -0.150. The van der Waals surface area contributed by atoms with Crippen LogP contribution in [0.15, 0.2) is 24.3 Å². The number of carbonyl (C=O) groups is 2. The lowest BCUT2D eigenvalue weighted by atomic mass is 9.77. The molecule has 0 unspecified atom stereocenters. The highest BCUT2D eigenvalue weighted by molar-refractivity contribution is 6.00. The van der Waals surface area contributed by atoms with Crippen LogP contribution in [0, 0.1) is 5.41 Å². The van der Waals surface area contributed by atoms with E-state index >= 15 is 0 Å². The summed E-state index contributed by atoms with van der Waals surface area (Å²) < 4.78 is 4.84. The predicted octanol–water partition coefficient (Wildman–Crippen LogP) is 1.00. The highest BCUT2D eigenvalue weighted by atomic mass is 16.5. The van der Waals surface area contributed by atoms with E-state index in [1.807, 2.05) is 12.2 Å². The third-order valence-corrected chi connectivity index (χ3v) is 2.46. The topological polar surface area (TPSA) is 43.4 Å². The summed E-state index contributed by atoms with van der Waals surface area (Å²) in [6.07, 6.45) is 7.81. The van der Waals surface area contributed by atoms with Gasteiger partial charge < -0.3 is 4.74 Å². The highest BCUT2D eigenvalue weighted by Crippen LogP contribution is 2.35. The second-order valence-electron chi connectivity index (χ2n) is 3.45. The van der Waals surface area contributed by atoms with Gasteiger partial charge in [0.1, 0.15) is 0 Å². The molecule has 0 amide bonds. The normalized spacial score (nSPS) is 24.9. The lowest BCUT2D eigenvalue weighted by Gasteiger charge is -2.31. The van der Waals surface area contributed by atoms with Gasteiger partial charge in [0, 0.05) is 5.41 Å². The summed E-state index contributed by atoms with van der Waals surface area (Å²) in [6.45, 7) is 0.446. The first kappa shape index (κ1) is 8.23. The van der Waals surface area contributed by atoms with Crippen molar-refractivity contribution in [2.24, 2.45) is 5.41 Å². The van der Waals surface area contributed by atoms with Crippen molar-refractivity contribution in [1.29, 1.82) is 0 Å². The molecule has 0 saturated carbocycles. The SMILES string of the molecule is O=C1C=CC2(C=C1)CCOC(=O)C2. The Morgan fingerprint density at radius 2 is 1.92 bits per heavy atom. The Bertz CT molecular complexity index is 296. The third-order valence-electron chi connectivity index (χ3n) is 2.46. The Hall–Kier alpha value is -1.38. The second kappa shape index (κ2) is 2.83. The number of rotatable bonds is 0. The fraction of sp³-hybridized carbons (Fsp3) is 0.400. The van der Waals surface area contributed by atoms with Crippen molar-refractivity contribution in [1.82, 2.24) is 0 Å². The molecule has 0 radical (unpaired) electrons. The van der Waals surface area contributed by atoms with Gasteiger partial charge in [-0.15, -0.1) is 0 Å². The van der Waals surface area contributed by atoms with E-state index in [1.54, 1.807) is 0 Å². The molecule has 0 atom stereocenters. The third kappa shape index (κ3) is 1.54. The van der Waals surface area contributed by atoms with E-state index in [2.05, 4.69) is 0 Å². The van der Waals surface area contributed by atoms with E-state index in [0.29, 0.717) is 13.0 Å². The zero-order chi connectivity index (χ0) is 9.31. The van der Waals surface area contributed by atoms with Crippen LogP contribution < -0.4 is 0 Å². The van der Waals surface area contributed by atoms with Gasteiger partial charge in [-0.3, -0.25) is 9.59 Å². The maximum Gasteiger partial charge on any atom is 0.306 e. The number of esters is 1. The minimum absolute atomic E-state index is 0.00966. The number of allylic oxidation sites excluding steroid dienone is 4. The van der Waals surface area contributed by atoms with Crippen molar-refractivity contribution in [3.63, 3.8) is 0 Å². The minimum atomic E-state index is -0.247. The fourth-order valence-electron chi connectivity index (χ4n) is 1.65. The quantitative estimate of drug-likeness (QED) is 0.520. The average Bonchev–Trinajstić information content (AvgIpc) is 2.11. The molecule has 1 aliphatic carbocycles. The molecule has 68 valence electrons. The highest BCUT2D eigenvalue weighted by Gasteiger charge is 2.33. The summed E-state index contributed by atoms with van der Waals surface area (Å²) in [6, 6.07) is 0. The fourth-order valence-corrected chi connectivity index (χ4v) is 1.65. The zero-order valence-corrected chi connectivity index (χ0v) is 7.16. The molecule has 0 aromatic heterocycles. The van der Waals surface area contributed by atoms with Crippen molar-refractivity contribution in [3.8, 4) is 0 Å². The molecule has 0 aromatic rings. The minimum Gasteiger partial charge on any atom is -0.466 e. The van der Waals surface area contributed by atoms with Gasteiger partial charge in [-0.1, -0.05) is 12.2 Å². The van der Waals surface area contributed by atoms with Gasteiger partial charge >= 0.3 is 5.97 Å². The number of carbonyl (C=O) groups excluding carboxylic acids is 2. The summed E-state index contributed by atoms with van der Waals surface area (Å²) in [5, 5.41) is 0. The van der Waals surface area contributed by atoms with Crippen molar-refractivity contribution >= 4 is 11.8 Å². The smallest absolute Gasteiger partial charge is 0.306 e. The molecule has 3 heteroatoms. The molecule has 0 N–H and O–H groups in total. The standard InChI is InChI=1S/C10H10O3/c11-8-1-3-10(4-2-8)5-6-13-9(12)7-10/h1-4H,5-7H2. The van der Waals surface area contributed by atoms with Crippen LogP contribution in [0.4, 0.5) is 0 Å². The molecule has 2 rings (SSSR count). The first-order valence-electron chi connectivity index (χ1n) is 4.28. The summed E-state index contributed by atoms with van der Waals surface area (Å²) in [5.41, 5.74) is -0.247. The van der Waals surface area contributed by atoms with Crippen LogP contribution in [-0.4, -0.2) is 18.4 Å². The van der Waals surface area contributed by atoms with Crippen molar-refractivity contribution in [2.75, 3.05) is 6.61 Å². The van der Waals surface area contributed by atoms with Crippen molar-refractivity contribution < 1.29 is 14.3 Å². The van der Waals surface area contributed by atoms with E-state index in [4.69, 9.17) is 4.74 Å². The maximum absolute atomic E-state index is 11.0. The van der Waals surface area contributed by atoms with Crippen LogP contribution in [0.2, 0.25) is 0 Å². The zero-order valence-electron chi connectivity index (χ0n) is 7.16. The molecule has 3 nitrogen and oxygen atoms in total. The molecule has 13 heavy (non-hydrogen) atoms. The Morgan fingerprint density at radius 1 is 1.23 bits per heavy atom. The van der Waals surface area contributed by atoms with Gasteiger partial charge in [0.15, 0.2) is 5.78 Å². The van der Waals surface area contributed by atoms with E-state index in [9.17, 15) is 9.59 Å². The van der Waals surface area contributed by atoms with Crippen LogP contribution in [0.25, 0.3) is 0 Å². The van der Waals surface area contributed by atoms with Gasteiger partial charge in [0.2, 0.25) is 0 Å². The lowest BCUT2D eigenvalue weighted by Crippen LogP contribution is -2.30. The van der Waals surface area contributed by atoms with Gasteiger partial charge in [0.25, 0.3) is 0 Å². The molecule has 1 spiro atoms. The summed E-state index contributed by atoms with van der Waals surface area (Å²) in [7, 11) is 0. The molecular formula is C10H10O3. The van der Waals surface area contributed by atoms with Crippen LogP contribution in [0.3, 0.4) is 0 Å². The first-order chi connectivity index (χ1) is 6.20. The number of cyclic esters (lactones) is 1. The Labute approximate surface area is 76.1 Å².